The second-order valence-corrected chi connectivity index (χ2v) is 3.29. The number of nitrogen functional groups attached to an aromatic ring is 1. The average Bonchev–Trinajstić information content (AvgIpc) is 2.23. The summed E-state index contributed by atoms with van der Waals surface area (Å²) in [5.41, 5.74) is 7.63. The number of nitrogens with two attached hydrogens (primary N) is 1. The third kappa shape index (κ3) is 1.77. The smallest absolute Gasteiger partial charge is 0.146 e. The van der Waals surface area contributed by atoms with Crippen LogP contribution < -0.4 is 5.73 Å². The molecule has 14 heavy (non-hydrogen) atoms. The van der Waals surface area contributed by atoms with E-state index in [0.717, 1.165) is 17.6 Å². The number of ether oxygens (including phenoxy) is 1. The SMILES string of the molecule is Nc1ccc(C2=CCOCC2)cc1F. The molecule has 74 valence electrons. The highest BCUT2D eigenvalue weighted by Gasteiger charge is 2.08. The van der Waals surface area contributed by atoms with Crippen LogP contribution in [0.1, 0.15) is 12.0 Å². The molecule has 0 aliphatic carbocycles. The van der Waals surface area contributed by atoms with Crippen molar-refractivity contribution in [2.24, 2.45) is 0 Å². The van der Waals surface area contributed by atoms with Crippen molar-refractivity contribution in [1.82, 2.24) is 0 Å². The topological polar surface area (TPSA) is 35.2 Å². The third-order valence-electron chi connectivity index (χ3n) is 2.33. The molecule has 0 aromatic heterocycles. The molecule has 0 radical (unpaired) electrons. The van der Waals surface area contributed by atoms with Crippen LogP contribution in [0.25, 0.3) is 5.57 Å². The van der Waals surface area contributed by atoms with Gasteiger partial charge in [-0.15, -0.1) is 0 Å². The van der Waals surface area contributed by atoms with Crippen molar-refractivity contribution in [1.29, 1.82) is 0 Å². The standard InChI is InChI=1S/C11H12FNO/c12-10-7-9(1-2-11(10)13)8-3-5-14-6-4-8/h1-3,7H,4-6,13H2. The molecule has 0 saturated heterocycles. The fourth-order valence-electron chi connectivity index (χ4n) is 1.52. The van der Waals surface area contributed by atoms with Gasteiger partial charge in [0.1, 0.15) is 5.82 Å². The lowest BCUT2D eigenvalue weighted by atomic mass is 10.0. The van der Waals surface area contributed by atoms with E-state index in [2.05, 4.69) is 0 Å². The molecule has 2 nitrogen and oxygen atoms in total. The zero-order chi connectivity index (χ0) is 9.97. The van der Waals surface area contributed by atoms with Crippen LogP contribution in [0.2, 0.25) is 0 Å². The zero-order valence-electron chi connectivity index (χ0n) is 7.79. The van der Waals surface area contributed by atoms with Gasteiger partial charge in [0.2, 0.25) is 0 Å². The first-order valence-electron chi connectivity index (χ1n) is 4.59. The maximum atomic E-state index is 13.2. The van der Waals surface area contributed by atoms with Gasteiger partial charge in [0.25, 0.3) is 0 Å². The summed E-state index contributed by atoms with van der Waals surface area (Å²) < 4.78 is 18.3. The second kappa shape index (κ2) is 3.80. The lowest BCUT2D eigenvalue weighted by Crippen LogP contribution is -2.04. The molecule has 1 aromatic carbocycles. The summed E-state index contributed by atoms with van der Waals surface area (Å²) in [4.78, 5) is 0. The van der Waals surface area contributed by atoms with Crippen LogP contribution in [0.4, 0.5) is 10.1 Å². The Hall–Kier alpha value is -1.35. The summed E-state index contributed by atoms with van der Waals surface area (Å²) in [5.74, 6) is -0.352. The Balaban J connectivity index is 2.32. The number of halogens is 1. The predicted octanol–water partition coefficient (Wildman–Crippen LogP) is 2.21. The minimum Gasteiger partial charge on any atom is -0.396 e. The van der Waals surface area contributed by atoms with Crippen LogP contribution in [0.15, 0.2) is 24.3 Å². The molecular formula is C11H12FNO. The molecule has 1 aliphatic heterocycles. The van der Waals surface area contributed by atoms with Crippen LogP contribution in [0.5, 0.6) is 0 Å². The molecular weight excluding hydrogens is 181 g/mol. The Morgan fingerprint density at radius 3 is 2.86 bits per heavy atom. The Kier molecular flexibility index (Phi) is 2.50. The van der Waals surface area contributed by atoms with E-state index < -0.39 is 0 Å². The van der Waals surface area contributed by atoms with Gasteiger partial charge in [-0.25, -0.2) is 4.39 Å². The number of hydrogen-bond acceptors (Lipinski definition) is 2. The molecule has 2 rings (SSSR count). The molecule has 0 bridgehead atoms. The van der Waals surface area contributed by atoms with E-state index in [1.807, 2.05) is 12.1 Å². The molecule has 0 fully saturated rings. The molecule has 1 heterocycles. The Labute approximate surface area is 82.2 Å². The summed E-state index contributed by atoms with van der Waals surface area (Å²) in [5, 5.41) is 0. The van der Waals surface area contributed by atoms with Crippen LogP contribution in [-0.4, -0.2) is 13.2 Å². The average molecular weight is 193 g/mol. The fourth-order valence-corrected chi connectivity index (χ4v) is 1.52. The van der Waals surface area contributed by atoms with E-state index in [1.165, 1.54) is 6.07 Å². The minimum absolute atomic E-state index is 0.196. The van der Waals surface area contributed by atoms with E-state index in [4.69, 9.17) is 10.5 Å². The van der Waals surface area contributed by atoms with Gasteiger partial charge in [-0.1, -0.05) is 12.1 Å². The van der Waals surface area contributed by atoms with Gasteiger partial charge in [-0.2, -0.15) is 0 Å². The van der Waals surface area contributed by atoms with Gasteiger partial charge in [-0.05, 0) is 29.7 Å². The zero-order valence-corrected chi connectivity index (χ0v) is 7.79. The molecule has 0 unspecified atom stereocenters. The quantitative estimate of drug-likeness (QED) is 0.694. The van der Waals surface area contributed by atoms with Gasteiger partial charge < -0.3 is 10.5 Å². The molecule has 3 heteroatoms. The highest BCUT2D eigenvalue weighted by atomic mass is 19.1. The van der Waals surface area contributed by atoms with Gasteiger partial charge in [0, 0.05) is 0 Å². The van der Waals surface area contributed by atoms with Crippen molar-refractivity contribution in [3.05, 3.63) is 35.7 Å². The van der Waals surface area contributed by atoms with Crippen molar-refractivity contribution in [3.63, 3.8) is 0 Å². The Bertz CT molecular complexity index is 374. The predicted molar refractivity (Wildman–Crippen MR) is 54.2 cm³/mol. The van der Waals surface area contributed by atoms with Crippen LogP contribution >= 0.6 is 0 Å². The first-order valence-corrected chi connectivity index (χ1v) is 4.59. The van der Waals surface area contributed by atoms with Crippen molar-refractivity contribution in [3.8, 4) is 0 Å². The van der Waals surface area contributed by atoms with Crippen molar-refractivity contribution >= 4 is 11.3 Å². The van der Waals surface area contributed by atoms with Crippen molar-refractivity contribution in [2.75, 3.05) is 18.9 Å². The van der Waals surface area contributed by atoms with E-state index in [0.29, 0.717) is 13.2 Å². The van der Waals surface area contributed by atoms with Crippen LogP contribution in [-0.2, 0) is 4.74 Å². The Morgan fingerprint density at radius 1 is 1.36 bits per heavy atom. The minimum atomic E-state index is -0.352. The van der Waals surface area contributed by atoms with Crippen molar-refractivity contribution in [2.45, 2.75) is 6.42 Å². The second-order valence-electron chi connectivity index (χ2n) is 3.29. The van der Waals surface area contributed by atoms with E-state index in [9.17, 15) is 4.39 Å². The molecule has 0 spiro atoms. The molecule has 0 atom stereocenters. The lowest BCUT2D eigenvalue weighted by Gasteiger charge is -2.13. The fraction of sp³-hybridized carbons (Fsp3) is 0.273. The molecule has 1 aromatic rings. The number of benzene rings is 1. The highest BCUT2D eigenvalue weighted by molar-refractivity contribution is 5.67. The van der Waals surface area contributed by atoms with E-state index in [1.54, 1.807) is 6.07 Å². The number of anilines is 1. The van der Waals surface area contributed by atoms with Crippen LogP contribution in [0, 0.1) is 5.82 Å². The van der Waals surface area contributed by atoms with Gasteiger partial charge >= 0.3 is 0 Å². The number of rotatable bonds is 1. The lowest BCUT2D eigenvalue weighted by molar-refractivity contribution is 0.161. The Morgan fingerprint density at radius 2 is 2.21 bits per heavy atom. The van der Waals surface area contributed by atoms with Crippen molar-refractivity contribution < 1.29 is 9.13 Å². The van der Waals surface area contributed by atoms with Gasteiger partial charge in [0.15, 0.2) is 0 Å². The summed E-state index contributed by atoms with van der Waals surface area (Å²) in [6.45, 7) is 1.32. The molecule has 0 amide bonds. The first-order chi connectivity index (χ1) is 6.77. The van der Waals surface area contributed by atoms with Gasteiger partial charge in [0.05, 0.1) is 18.9 Å². The van der Waals surface area contributed by atoms with E-state index in [-0.39, 0.29) is 11.5 Å². The molecule has 0 saturated carbocycles. The normalized spacial score (nSPS) is 16.5. The summed E-state index contributed by atoms with van der Waals surface area (Å²) in [7, 11) is 0. The molecule has 1 aliphatic rings. The van der Waals surface area contributed by atoms with Gasteiger partial charge in [-0.3, -0.25) is 0 Å². The maximum Gasteiger partial charge on any atom is 0.146 e. The first kappa shape index (κ1) is 9.21. The molecule has 2 N–H and O–H groups in total. The monoisotopic (exact) mass is 193 g/mol. The summed E-state index contributed by atoms with van der Waals surface area (Å²) >= 11 is 0. The largest absolute Gasteiger partial charge is 0.396 e. The maximum absolute atomic E-state index is 13.2. The third-order valence-corrected chi connectivity index (χ3v) is 2.33. The van der Waals surface area contributed by atoms with E-state index >= 15 is 0 Å². The summed E-state index contributed by atoms with van der Waals surface area (Å²) in [6.07, 6.45) is 2.82. The highest BCUT2D eigenvalue weighted by Crippen LogP contribution is 2.23. The van der Waals surface area contributed by atoms with Crippen LogP contribution in [0.3, 0.4) is 0 Å². The summed E-state index contributed by atoms with van der Waals surface area (Å²) in [6, 6.07) is 4.92. The number of hydrogen-bond donors (Lipinski definition) is 1.